The third-order valence-corrected chi connectivity index (χ3v) is 14.7. The van der Waals surface area contributed by atoms with Crippen LogP contribution < -0.4 is 0 Å². The maximum absolute atomic E-state index is 11.9. The first kappa shape index (κ1) is 16.3. The first-order valence-electron chi connectivity index (χ1n) is 5.66. The van der Waals surface area contributed by atoms with Gasteiger partial charge in [0.05, 0.1) is 0 Å². The van der Waals surface area contributed by atoms with E-state index < -0.39 is 41.5 Å². The Morgan fingerprint density at radius 3 is 1.39 bits per heavy atom. The van der Waals surface area contributed by atoms with Crippen LogP contribution >= 0.6 is 0 Å². The molecule has 0 aliphatic carbocycles. The number of rotatable bonds is 0. The molecular formula is C8H20O6S2Si2. The largest absolute Gasteiger partial charge is 0.314 e. The summed E-state index contributed by atoms with van der Waals surface area (Å²) in [6.07, 6.45) is 0. The van der Waals surface area contributed by atoms with E-state index in [1.54, 1.807) is 26.2 Å². The molecule has 1 aliphatic rings. The van der Waals surface area contributed by atoms with E-state index >= 15 is 0 Å². The number of hydrogen-bond acceptors (Lipinski definition) is 6. The fraction of sp³-hybridized carbons (Fsp3) is 1.00. The van der Waals surface area contributed by atoms with Gasteiger partial charge in [-0.05, 0) is 45.2 Å². The lowest BCUT2D eigenvalue weighted by Crippen LogP contribution is -2.39. The van der Waals surface area contributed by atoms with E-state index in [1.165, 1.54) is 0 Å². The summed E-state index contributed by atoms with van der Waals surface area (Å²) in [5.74, 6) is 0. The minimum Gasteiger partial charge on any atom is -0.314 e. The highest BCUT2D eigenvalue weighted by molar-refractivity contribution is 8.05. The van der Waals surface area contributed by atoms with Gasteiger partial charge in [0.2, 0.25) is 21.2 Å². The van der Waals surface area contributed by atoms with Crippen LogP contribution in [0.4, 0.5) is 0 Å². The van der Waals surface area contributed by atoms with Gasteiger partial charge < -0.3 is 7.74 Å². The quantitative estimate of drug-likeness (QED) is 0.624. The van der Waals surface area contributed by atoms with Crippen LogP contribution in [0.1, 0.15) is 6.92 Å². The van der Waals surface area contributed by atoms with Crippen molar-refractivity contribution in [3.63, 3.8) is 0 Å². The summed E-state index contributed by atoms with van der Waals surface area (Å²) in [5.41, 5.74) is 0. The Bertz CT molecular complexity index is 474. The van der Waals surface area contributed by atoms with E-state index in [2.05, 4.69) is 0 Å². The van der Waals surface area contributed by atoms with E-state index in [1.807, 2.05) is 0 Å². The van der Waals surface area contributed by atoms with Gasteiger partial charge in [0.25, 0.3) is 20.2 Å². The molecule has 0 saturated carbocycles. The molecule has 0 bridgehead atoms. The molecule has 6 nitrogen and oxygen atoms in total. The third kappa shape index (κ3) is 3.87. The molecule has 0 N–H and O–H groups in total. The molecule has 0 spiro atoms. The van der Waals surface area contributed by atoms with E-state index in [4.69, 9.17) is 7.74 Å². The molecule has 0 amide bonds. The van der Waals surface area contributed by atoms with Crippen molar-refractivity contribution in [3.05, 3.63) is 0 Å². The lowest BCUT2D eigenvalue weighted by atomic mass is 10.9. The van der Waals surface area contributed by atoms with E-state index in [0.29, 0.717) is 12.1 Å². The second-order valence-electron chi connectivity index (χ2n) is 5.74. The Morgan fingerprint density at radius 1 is 0.833 bits per heavy atom. The van der Waals surface area contributed by atoms with Crippen LogP contribution in [-0.2, 0) is 28.0 Å². The van der Waals surface area contributed by atoms with Crippen molar-refractivity contribution in [3.8, 4) is 0 Å². The fourth-order valence-corrected chi connectivity index (χ4v) is 15.1. The fourth-order valence-electron chi connectivity index (χ4n) is 1.59. The van der Waals surface area contributed by atoms with Crippen molar-refractivity contribution in [1.29, 1.82) is 0 Å². The second kappa shape index (κ2) is 4.67. The lowest BCUT2D eigenvalue weighted by molar-refractivity contribution is 0.465. The molecule has 1 fully saturated rings. The minimum absolute atomic E-state index is 0.577. The van der Waals surface area contributed by atoms with Gasteiger partial charge >= 0.3 is 0 Å². The first-order valence-corrected chi connectivity index (χ1v) is 14.8. The third-order valence-electron chi connectivity index (χ3n) is 2.83. The summed E-state index contributed by atoms with van der Waals surface area (Å²) < 4.78 is 56.3. The van der Waals surface area contributed by atoms with Gasteiger partial charge in [-0.2, -0.15) is 16.8 Å². The molecule has 1 aliphatic heterocycles. The zero-order valence-electron chi connectivity index (χ0n) is 11.3. The Morgan fingerprint density at radius 2 is 1.11 bits per heavy atom. The first-order chi connectivity index (χ1) is 7.78. The van der Waals surface area contributed by atoms with E-state index in [9.17, 15) is 16.8 Å². The molecule has 0 aromatic rings. The SMILES string of the molecule is CC1S(=O)(=O)O[Si](C)(C)CC[Si](C)(C)OS1(=O)=O. The molecule has 0 aromatic heterocycles. The monoisotopic (exact) mass is 332 g/mol. The van der Waals surface area contributed by atoms with Crippen molar-refractivity contribution in [2.75, 3.05) is 0 Å². The summed E-state index contributed by atoms with van der Waals surface area (Å²) in [4.78, 5) is 0. The zero-order chi connectivity index (χ0) is 14.4. The maximum atomic E-state index is 11.9. The van der Waals surface area contributed by atoms with Crippen LogP contribution in [0.15, 0.2) is 0 Å². The van der Waals surface area contributed by atoms with Crippen molar-refractivity contribution in [2.24, 2.45) is 0 Å². The summed E-state index contributed by atoms with van der Waals surface area (Å²) in [7, 11) is -13.1. The predicted octanol–water partition coefficient (Wildman–Crippen LogP) is 1.45. The predicted molar refractivity (Wildman–Crippen MR) is 74.0 cm³/mol. The van der Waals surface area contributed by atoms with Gasteiger partial charge in [-0.15, -0.1) is 0 Å². The molecule has 108 valence electrons. The Balaban J connectivity index is 3.31. The molecule has 0 atom stereocenters. The molecule has 10 heteroatoms. The summed E-state index contributed by atoms with van der Waals surface area (Å²) in [6, 6.07) is 1.15. The lowest BCUT2D eigenvalue weighted by Gasteiger charge is -2.23. The van der Waals surface area contributed by atoms with Crippen LogP contribution in [-0.4, -0.2) is 38.1 Å². The topological polar surface area (TPSA) is 86.7 Å². The Labute approximate surface area is 111 Å². The van der Waals surface area contributed by atoms with E-state index in [-0.39, 0.29) is 0 Å². The summed E-state index contributed by atoms with van der Waals surface area (Å²) in [5, 5.41) is 0. The van der Waals surface area contributed by atoms with Gasteiger partial charge in [-0.25, -0.2) is 0 Å². The van der Waals surface area contributed by atoms with Crippen LogP contribution in [0.5, 0.6) is 0 Å². The molecule has 1 saturated heterocycles. The van der Waals surface area contributed by atoms with Crippen LogP contribution in [0.3, 0.4) is 0 Å². The summed E-state index contributed by atoms with van der Waals surface area (Å²) >= 11 is 0. The van der Waals surface area contributed by atoms with Crippen molar-refractivity contribution < 1.29 is 24.6 Å². The standard InChI is InChI=1S/C8H20O6S2Si2/c1-8-15(9,10)13-17(2,3)6-7-18(4,5)14-16(8,11)12/h8H,6-7H2,1-5H3. The highest BCUT2D eigenvalue weighted by Gasteiger charge is 2.46. The summed E-state index contributed by atoms with van der Waals surface area (Å²) in [6.45, 7) is 8.21. The Hall–Kier alpha value is 0.254. The van der Waals surface area contributed by atoms with Crippen LogP contribution in [0.25, 0.3) is 0 Å². The highest BCUT2D eigenvalue weighted by Crippen LogP contribution is 2.30. The molecule has 0 radical (unpaired) electrons. The molecule has 0 unspecified atom stereocenters. The van der Waals surface area contributed by atoms with Crippen LogP contribution in [0, 0.1) is 0 Å². The molecule has 1 heterocycles. The van der Waals surface area contributed by atoms with Crippen LogP contribution in [0.2, 0.25) is 38.3 Å². The van der Waals surface area contributed by atoms with Gasteiger partial charge in [0, 0.05) is 0 Å². The van der Waals surface area contributed by atoms with Gasteiger partial charge in [-0.3, -0.25) is 0 Å². The molecule has 18 heavy (non-hydrogen) atoms. The van der Waals surface area contributed by atoms with Gasteiger partial charge in [0.1, 0.15) is 0 Å². The average molecular weight is 333 g/mol. The average Bonchev–Trinajstić information content (AvgIpc) is 2.11. The van der Waals surface area contributed by atoms with Crippen molar-refractivity contribution >= 4 is 36.9 Å². The number of hydrogen-bond donors (Lipinski definition) is 0. The molecular weight excluding hydrogens is 312 g/mol. The maximum Gasteiger partial charge on any atom is 0.277 e. The molecule has 1 rings (SSSR count). The van der Waals surface area contributed by atoms with Crippen molar-refractivity contribution in [2.45, 2.75) is 49.8 Å². The zero-order valence-corrected chi connectivity index (χ0v) is 14.9. The smallest absolute Gasteiger partial charge is 0.277 e. The minimum atomic E-state index is -4.14. The molecule has 0 aromatic carbocycles. The highest BCUT2D eigenvalue weighted by atomic mass is 32.3. The second-order valence-corrected chi connectivity index (χ2v) is 18.8. The normalized spacial score (nSPS) is 30.9. The van der Waals surface area contributed by atoms with Crippen molar-refractivity contribution in [1.82, 2.24) is 0 Å². The van der Waals surface area contributed by atoms with Gasteiger partial charge in [-0.1, -0.05) is 0 Å². The Kier molecular flexibility index (Phi) is 4.23. The van der Waals surface area contributed by atoms with Gasteiger partial charge in [0.15, 0.2) is 0 Å². The van der Waals surface area contributed by atoms with E-state index in [0.717, 1.165) is 6.92 Å².